The molecule has 19 heavy (non-hydrogen) atoms. The van der Waals surface area contributed by atoms with Crippen LogP contribution in [-0.2, 0) is 6.54 Å². The van der Waals surface area contributed by atoms with Crippen LogP contribution < -0.4 is 16.0 Å². The standard InChI is InChI=1S/C12H16N4O2S/c1-7-4-5-8(18-7)6-14-11(17)9-10(13)15-12(19-9)16(2)3/h4-5H,6,13H2,1-3H3,(H,14,17). The van der Waals surface area contributed by atoms with Gasteiger partial charge in [0.25, 0.3) is 5.91 Å². The highest BCUT2D eigenvalue weighted by molar-refractivity contribution is 7.18. The molecule has 0 aliphatic carbocycles. The van der Waals surface area contributed by atoms with Gasteiger partial charge in [0.1, 0.15) is 22.2 Å². The van der Waals surface area contributed by atoms with Gasteiger partial charge in [-0.3, -0.25) is 4.79 Å². The molecule has 2 aromatic heterocycles. The van der Waals surface area contributed by atoms with E-state index in [-0.39, 0.29) is 11.7 Å². The van der Waals surface area contributed by atoms with Crippen molar-refractivity contribution in [3.05, 3.63) is 28.5 Å². The molecule has 0 saturated carbocycles. The number of nitrogens with zero attached hydrogens (tertiary/aromatic N) is 2. The molecule has 2 aromatic rings. The fraction of sp³-hybridized carbons (Fsp3) is 0.333. The number of nitrogens with two attached hydrogens (primary N) is 1. The van der Waals surface area contributed by atoms with Crippen LogP contribution in [0.4, 0.5) is 10.9 Å². The normalized spacial score (nSPS) is 10.5. The summed E-state index contributed by atoms with van der Waals surface area (Å²) < 4.78 is 5.38. The van der Waals surface area contributed by atoms with Crippen LogP contribution >= 0.6 is 11.3 Å². The number of rotatable bonds is 4. The first kappa shape index (κ1) is 13.4. The minimum absolute atomic E-state index is 0.239. The molecule has 0 radical (unpaired) electrons. The molecule has 6 nitrogen and oxygen atoms in total. The number of thiazole rings is 1. The van der Waals surface area contributed by atoms with E-state index < -0.39 is 0 Å². The highest BCUT2D eigenvalue weighted by Crippen LogP contribution is 2.26. The summed E-state index contributed by atoms with van der Waals surface area (Å²) >= 11 is 1.26. The van der Waals surface area contributed by atoms with Crippen LogP contribution in [-0.4, -0.2) is 25.0 Å². The van der Waals surface area contributed by atoms with E-state index in [4.69, 9.17) is 10.2 Å². The van der Waals surface area contributed by atoms with E-state index in [2.05, 4.69) is 10.3 Å². The number of anilines is 2. The predicted molar refractivity (Wildman–Crippen MR) is 75.5 cm³/mol. The number of hydrogen-bond acceptors (Lipinski definition) is 6. The summed E-state index contributed by atoms with van der Waals surface area (Å²) in [4.78, 5) is 18.4. The second kappa shape index (κ2) is 5.31. The van der Waals surface area contributed by atoms with Crippen molar-refractivity contribution in [1.29, 1.82) is 0 Å². The van der Waals surface area contributed by atoms with Gasteiger partial charge in [0.15, 0.2) is 5.13 Å². The first-order valence-electron chi connectivity index (χ1n) is 5.74. The molecule has 0 saturated heterocycles. The molecule has 0 fully saturated rings. The van der Waals surface area contributed by atoms with Crippen LogP contribution in [0.2, 0.25) is 0 Å². The number of carbonyl (C=O) groups excluding carboxylic acids is 1. The van der Waals surface area contributed by atoms with Crippen molar-refractivity contribution in [1.82, 2.24) is 10.3 Å². The van der Waals surface area contributed by atoms with Crippen LogP contribution in [0, 0.1) is 6.92 Å². The number of amides is 1. The molecular weight excluding hydrogens is 264 g/mol. The highest BCUT2D eigenvalue weighted by atomic mass is 32.1. The predicted octanol–water partition coefficient (Wildman–Crippen LogP) is 1.62. The third-order valence-corrected chi connectivity index (χ3v) is 3.69. The van der Waals surface area contributed by atoms with Crippen molar-refractivity contribution in [3.8, 4) is 0 Å². The van der Waals surface area contributed by atoms with Gasteiger partial charge in [-0.05, 0) is 19.1 Å². The molecule has 0 spiro atoms. The first-order chi connectivity index (χ1) is 8.97. The SMILES string of the molecule is Cc1ccc(CNC(=O)c2sc(N(C)C)nc2N)o1. The quantitative estimate of drug-likeness (QED) is 0.889. The second-order valence-corrected chi connectivity index (χ2v) is 5.28. The Hall–Kier alpha value is -2.02. The zero-order chi connectivity index (χ0) is 14.0. The number of furan rings is 1. The third kappa shape index (κ3) is 3.05. The summed E-state index contributed by atoms with van der Waals surface area (Å²) in [6, 6.07) is 3.68. The molecule has 0 atom stereocenters. The number of nitrogen functional groups attached to an aromatic ring is 1. The van der Waals surface area contributed by atoms with Crippen molar-refractivity contribution in [2.45, 2.75) is 13.5 Å². The lowest BCUT2D eigenvalue weighted by Crippen LogP contribution is -2.22. The summed E-state index contributed by atoms with van der Waals surface area (Å²) in [6.45, 7) is 2.19. The summed E-state index contributed by atoms with van der Waals surface area (Å²) in [6.07, 6.45) is 0. The molecule has 0 unspecified atom stereocenters. The Balaban J connectivity index is 2.03. The van der Waals surface area contributed by atoms with Crippen LogP contribution in [0.15, 0.2) is 16.5 Å². The lowest BCUT2D eigenvalue weighted by atomic mass is 10.4. The van der Waals surface area contributed by atoms with E-state index in [0.717, 1.165) is 5.76 Å². The van der Waals surface area contributed by atoms with Crippen molar-refractivity contribution in [3.63, 3.8) is 0 Å². The molecule has 0 bridgehead atoms. The number of carbonyl (C=O) groups is 1. The molecule has 0 aliphatic heterocycles. The van der Waals surface area contributed by atoms with Crippen molar-refractivity contribution in [2.24, 2.45) is 0 Å². The van der Waals surface area contributed by atoms with Gasteiger partial charge < -0.3 is 20.4 Å². The Kier molecular flexibility index (Phi) is 3.75. The first-order valence-corrected chi connectivity index (χ1v) is 6.56. The molecular formula is C12H16N4O2S. The Morgan fingerprint density at radius 2 is 2.26 bits per heavy atom. The Labute approximate surface area is 115 Å². The van der Waals surface area contributed by atoms with E-state index in [1.165, 1.54) is 11.3 Å². The third-order valence-electron chi connectivity index (χ3n) is 2.45. The zero-order valence-electron chi connectivity index (χ0n) is 11.1. The summed E-state index contributed by atoms with van der Waals surface area (Å²) in [5, 5.41) is 3.47. The van der Waals surface area contributed by atoms with E-state index in [0.29, 0.717) is 22.3 Å². The maximum absolute atomic E-state index is 12.0. The van der Waals surface area contributed by atoms with Gasteiger partial charge in [-0.25, -0.2) is 4.98 Å². The average molecular weight is 280 g/mol. The molecule has 0 aliphatic rings. The van der Waals surface area contributed by atoms with Crippen molar-refractivity contribution in [2.75, 3.05) is 24.7 Å². The van der Waals surface area contributed by atoms with E-state index >= 15 is 0 Å². The fourth-order valence-electron chi connectivity index (χ4n) is 1.50. The molecule has 1 amide bonds. The average Bonchev–Trinajstić information content (AvgIpc) is 2.92. The Morgan fingerprint density at radius 3 is 2.79 bits per heavy atom. The fourth-order valence-corrected chi connectivity index (χ4v) is 2.33. The van der Waals surface area contributed by atoms with Gasteiger partial charge in [-0.2, -0.15) is 0 Å². The van der Waals surface area contributed by atoms with Gasteiger partial charge in [0.2, 0.25) is 0 Å². The molecule has 0 aromatic carbocycles. The van der Waals surface area contributed by atoms with Crippen LogP contribution in [0.1, 0.15) is 21.2 Å². The summed E-state index contributed by atoms with van der Waals surface area (Å²) in [5.74, 6) is 1.54. The Bertz CT molecular complexity index is 588. The van der Waals surface area contributed by atoms with Crippen molar-refractivity contribution >= 4 is 28.2 Å². The van der Waals surface area contributed by atoms with Crippen LogP contribution in [0.3, 0.4) is 0 Å². The molecule has 2 rings (SSSR count). The highest BCUT2D eigenvalue weighted by Gasteiger charge is 2.17. The molecule has 102 valence electrons. The van der Waals surface area contributed by atoms with Gasteiger partial charge >= 0.3 is 0 Å². The summed E-state index contributed by atoms with van der Waals surface area (Å²) in [5.41, 5.74) is 5.74. The maximum Gasteiger partial charge on any atom is 0.265 e. The zero-order valence-corrected chi connectivity index (χ0v) is 11.9. The number of hydrogen-bond donors (Lipinski definition) is 2. The van der Waals surface area contributed by atoms with Gasteiger partial charge in [-0.15, -0.1) is 0 Å². The molecule has 7 heteroatoms. The van der Waals surface area contributed by atoms with Gasteiger partial charge in [-0.1, -0.05) is 11.3 Å². The number of aromatic nitrogens is 1. The topological polar surface area (TPSA) is 84.4 Å². The second-order valence-electron chi connectivity index (χ2n) is 4.30. The van der Waals surface area contributed by atoms with Crippen molar-refractivity contribution < 1.29 is 9.21 Å². The number of nitrogens with one attached hydrogen (secondary N) is 1. The minimum atomic E-state index is -0.239. The maximum atomic E-state index is 12.0. The number of aryl methyl sites for hydroxylation is 1. The van der Waals surface area contributed by atoms with E-state index in [1.807, 2.05) is 38.1 Å². The lowest BCUT2D eigenvalue weighted by Gasteiger charge is -2.05. The van der Waals surface area contributed by atoms with Crippen LogP contribution in [0.25, 0.3) is 0 Å². The Morgan fingerprint density at radius 1 is 1.53 bits per heavy atom. The molecule has 2 heterocycles. The lowest BCUT2D eigenvalue weighted by molar-refractivity contribution is 0.0952. The summed E-state index contributed by atoms with van der Waals surface area (Å²) in [7, 11) is 3.71. The smallest absolute Gasteiger partial charge is 0.265 e. The van der Waals surface area contributed by atoms with E-state index in [9.17, 15) is 4.79 Å². The van der Waals surface area contributed by atoms with Gasteiger partial charge in [0.05, 0.1) is 6.54 Å². The minimum Gasteiger partial charge on any atom is -0.465 e. The van der Waals surface area contributed by atoms with Gasteiger partial charge in [0, 0.05) is 14.1 Å². The monoisotopic (exact) mass is 280 g/mol. The largest absolute Gasteiger partial charge is 0.465 e. The molecule has 3 N–H and O–H groups in total. The van der Waals surface area contributed by atoms with Crippen LogP contribution in [0.5, 0.6) is 0 Å². The van der Waals surface area contributed by atoms with E-state index in [1.54, 1.807) is 0 Å².